The van der Waals surface area contributed by atoms with Crippen LogP contribution in [-0.4, -0.2) is 0 Å². The quantitative estimate of drug-likeness (QED) is 0.294. The smallest absolute Gasteiger partial charge is 0.135 e. The van der Waals surface area contributed by atoms with Crippen LogP contribution in [0.1, 0.15) is 11.1 Å². The molecule has 0 amide bonds. The van der Waals surface area contributed by atoms with Gasteiger partial charge >= 0.3 is 0 Å². The molecule has 4 aromatic carbocycles. The zero-order valence-corrected chi connectivity index (χ0v) is 16.7. The maximum absolute atomic E-state index is 14.1. The summed E-state index contributed by atoms with van der Waals surface area (Å²) in [6.07, 6.45) is 0. The topological polar surface area (TPSA) is 18.5 Å². The van der Waals surface area contributed by atoms with Crippen molar-refractivity contribution in [2.24, 2.45) is 0 Å². The van der Waals surface area contributed by atoms with Crippen LogP contribution in [0.15, 0.2) is 78.9 Å². The summed E-state index contributed by atoms with van der Waals surface area (Å²) in [5.74, 6) is -1.68. The highest BCUT2D eigenvalue weighted by Crippen LogP contribution is 2.38. The molecule has 0 unspecified atom stereocenters. The lowest BCUT2D eigenvalue weighted by atomic mass is 10.0. The number of halogens is 4. The van der Waals surface area contributed by atoms with E-state index in [1.54, 1.807) is 30.3 Å². The van der Waals surface area contributed by atoms with Crippen molar-refractivity contribution < 1.29 is 27.0 Å². The van der Waals surface area contributed by atoms with Crippen LogP contribution in [0.4, 0.5) is 17.6 Å². The van der Waals surface area contributed by atoms with E-state index >= 15 is 0 Å². The Bertz CT molecular complexity index is 1240. The van der Waals surface area contributed by atoms with Crippen LogP contribution < -0.4 is 9.47 Å². The molecule has 0 aromatic heterocycles. The van der Waals surface area contributed by atoms with Gasteiger partial charge in [-0.05, 0) is 54.1 Å². The van der Waals surface area contributed by atoms with Crippen molar-refractivity contribution in [3.8, 4) is 22.6 Å². The highest BCUT2D eigenvalue weighted by Gasteiger charge is 2.16. The maximum atomic E-state index is 14.1. The first-order chi connectivity index (χ1) is 15.5. The molecule has 4 aromatic rings. The molecular weight excluding hydrogens is 420 g/mol. The van der Waals surface area contributed by atoms with E-state index in [1.807, 2.05) is 0 Å². The molecule has 0 N–H and O–H groups in total. The lowest BCUT2D eigenvalue weighted by Gasteiger charge is -2.16. The van der Waals surface area contributed by atoms with Crippen molar-refractivity contribution in [2.45, 2.75) is 13.2 Å². The summed E-state index contributed by atoms with van der Waals surface area (Å²) in [4.78, 5) is 0. The van der Waals surface area contributed by atoms with Crippen molar-refractivity contribution >= 4 is 0 Å². The van der Waals surface area contributed by atoms with Gasteiger partial charge in [0, 0.05) is 22.8 Å². The van der Waals surface area contributed by atoms with Crippen LogP contribution in [0, 0.1) is 29.3 Å². The molecule has 0 atom stereocenters. The molecule has 0 aliphatic carbocycles. The van der Waals surface area contributed by atoms with E-state index < -0.39 is 23.3 Å². The SMILES string of the molecule is Fc1cccc(COc2[c]cc(F)cc2-c2cc(F)ccc2OCc2ccccc2F)c1. The third kappa shape index (κ3) is 5.09. The average Bonchev–Trinajstić information content (AvgIpc) is 2.78. The predicted octanol–water partition coefficient (Wildman–Crippen LogP) is 6.87. The maximum Gasteiger partial charge on any atom is 0.135 e. The molecular formula is C26H17F4O2. The Morgan fingerprint density at radius 1 is 0.656 bits per heavy atom. The first-order valence-corrected chi connectivity index (χ1v) is 9.74. The Balaban J connectivity index is 1.65. The summed E-state index contributed by atoms with van der Waals surface area (Å²) < 4.78 is 67.0. The molecule has 0 aliphatic rings. The van der Waals surface area contributed by atoms with Crippen molar-refractivity contribution in [3.63, 3.8) is 0 Å². The number of ether oxygens (including phenoxy) is 2. The molecule has 0 heterocycles. The monoisotopic (exact) mass is 437 g/mol. The van der Waals surface area contributed by atoms with Gasteiger partial charge in [0.2, 0.25) is 0 Å². The average molecular weight is 437 g/mol. The fourth-order valence-corrected chi connectivity index (χ4v) is 3.17. The van der Waals surface area contributed by atoms with Gasteiger partial charge in [-0.3, -0.25) is 0 Å². The molecule has 6 heteroatoms. The van der Waals surface area contributed by atoms with Crippen LogP contribution in [0.3, 0.4) is 0 Å². The molecule has 0 aliphatic heterocycles. The van der Waals surface area contributed by atoms with Crippen molar-refractivity contribution in [3.05, 3.63) is 119 Å². The molecule has 2 nitrogen and oxygen atoms in total. The lowest BCUT2D eigenvalue weighted by molar-refractivity contribution is 0.298. The molecule has 1 radical (unpaired) electrons. The minimum atomic E-state index is -0.609. The van der Waals surface area contributed by atoms with E-state index in [4.69, 9.17) is 9.47 Å². The van der Waals surface area contributed by atoms with Gasteiger partial charge in [-0.15, -0.1) is 0 Å². The Morgan fingerprint density at radius 3 is 2.25 bits per heavy atom. The highest BCUT2D eigenvalue weighted by atomic mass is 19.1. The Kier molecular flexibility index (Phi) is 6.40. The summed E-state index contributed by atoms with van der Waals surface area (Å²) in [7, 11) is 0. The van der Waals surface area contributed by atoms with E-state index in [9.17, 15) is 17.6 Å². The number of benzene rings is 4. The molecule has 0 saturated carbocycles. The van der Waals surface area contributed by atoms with Gasteiger partial charge in [-0.25, -0.2) is 17.6 Å². The van der Waals surface area contributed by atoms with Crippen LogP contribution >= 0.6 is 0 Å². The summed E-state index contributed by atoms with van der Waals surface area (Å²) in [6, 6.07) is 20.7. The van der Waals surface area contributed by atoms with Gasteiger partial charge in [-0.1, -0.05) is 30.3 Å². The lowest BCUT2D eigenvalue weighted by Crippen LogP contribution is -2.02. The zero-order valence-electron chi connectivity index (χ0n) is 16.7. The van der Waals surface area contributed by atoms with Gasteiger partial charge in [0.15, 0.2) is 0 Å². The second kappa shape index (κ2) is 9.56. The number of hydrogen-bond donors (Lipinski definition) is 0. The summed E-state index contributed by atoms with van der Waals surface area (Å²) in [6.45, 7) is -0.114. The summed E-state index contributed by atoms with van der Waals surface area (Å²) in [5.41, 5.74) is 1.29. The molecule has 0 spiro atoms. The van der Waals surface area contributed by atoms with Crippen LogP contribution in [0.25, 0.3) is 11.1 Å². The van der Waals surface area contributed by atoms with Crippen molar-refractivity contribution in [2.75, 3.05) is 0 Å². The van der Waals surface area contributed by atoms with Gasteiger partial charge in [-0.2, -0.15) is 0 Å². The largest absolute Gasteiger partial charge is 0.488 e. The second-order valence-corrected chi connectivity index (χ2v) is 7.00. The fraction of sp³-hybridized carbons (Fsp3) is 0.0769. The third-order valence-corrected chi connectivity index (χ3v) is 4.71. The van der Waals surface area contributed by atoms with E-state index in [0.717, 1.165) is 6.07 Å². The van der Waals surface area contributed by atoms with Crippen molar-refractivity contribution in [1.29, 1.82) is 0 Å². The zero-order chi connectivity index (χ0) is 22.5. The van der Waals surface area contributed by atoms with Gasteiger partial charge in [0.1, 0.15) is 48.0 Å². The van der Waals surface area contributed by atoms with Crippen LogP contribution in [0.5, 0.6) is 11.5 Å². The van der Waals surface area contributed by atoms with Crippen LogP contribution in [0.2, 0.25) is 0 Å². The standard InChI is InChI=1S/C26H17F4O2/c27-19-6-3-4-17(12-19)15-31-25-10-8-20(28)13-22(25)23-14-21(29)9-11-26(23)32-16-18-5-1-2-7-24(18)30/h1-9,11-14H,15-16H2. The fourth-order valence-electron chi connectivity index (χ4n) is 3.17. The normalized spacial score (nSPS) is 10.8. The molecule has 0 fully saturated rings. The second-order valence-electron chi connectivity index (χ2n) is 7.00. The first kappa shape index (κ1) is 21.4. The first-order valence-electron chi connectivity index (χ1n) is 9.74. The van der Waals surface area contributed by atoms with Crippen LogP contribution in [-0.2, 0) is 13.2 Å². The molecule has 0 bridgehead atoms. The number of rotatable bonds is 7. The third-order valence-electron chi connectivity index (χ3n) is 4.71. The Morgan fingerprint density at radius 2 is 1.44 bits per heavy atom. The van der Waals surface area contributed by atoms with E-state index in [-0.39, 0.29) is 35.8 Å². The molecule has 0 saturated heterocycles. The van der Waals surface area contributed by atoms with E-state index in [2.05, 4.69) is 6.07 Å². The highest BCUT2D eigenvalue weighted by molar-refractivity contribution is 5.75. The number of hydrogen-bond acceptors (Lipinski definition) is 2. The molecule has 161 valence electrons. The minimum absolute atomic E-state index is 0.00632. The van der Waals surface area contributed by atoms with Gasteiger partial charge in [0.25, 0.3) is 0 Å². The van der Waals surface area contributed by atoms with E-state index in [0.29, 0.717) is 11.1 Å². The van der Waals surface area contributed by atoms with E-state index in [1.165, 1.54) is 42.5 Å². The van der Waals surface area contributed by atoms with Crippen molar-refractivity contribution in [1.82, 2.24) is 0 Å². The summed E-state index contributed by atoms with van der Waals surface area (Å²) >= 11 is 0. The Hall–Kier alpha value is -3.80. The molecule has 32 heavy (non-hydrogen) atoms. The van der Waals surface area contributed by atoms with Gasteiger partial charge < -0.3 is 9.47 Å². The van der Waals surface area contributed by atoms with Gasteiger partial charge in [0.05, 0.1) is 0 Å². The minimum Gasteiger partial charge on any atom is -0.488 e. The Labute approximate surface area is 182 Å². The summed E-state index contributed by atoms with van der Waals surface area (Å²) in [5, 5.41) is 0. The predicted molar refractivity (Wildman–Crippen MR) is 112 cm³/mol. The molecule has 4 rings (SSSR count).